The van der Waals surface area contributed by atoms with E-state index in [9.17, 15) is 9.90 Å². The van der Waals surface area contributed by atoms with E-state index < -0.39 is 5.97 Å². The van der Waals surface area contributed by atoms with Crippen LogP contribution in [0.3, 0.4) is 0 Å². The van der Waals surface area contributed by atoms with Gasteiger partial charge in [0, 0.05) is 6.08 Å². The predicted molar refractivity (Wildman–Crippen MR) is 97.5 cm³/mol. The molecule has 3 aromatic carbocycles. The lowest BCUT2D eigenvalue weighted by Gasteiger charge is -2.05. The fourth-order valence-corrected chi connectivity index (χ4v) is 3.18. The number of hydrogen-bond acceptors (Lipinski definition) is 3. The Balaban J connectivity index is 1.57. The highest BCUT2D eigenvalue weighted by Gasteiger charge is 2.19. The second kappa shape index (κ2) is 6.29. The van der Waals surface area contributed by atoms with E-state index in [1.54, 1.807) is 24.3 Å². The number of hydrogen-bond donors (Lipinski definition) is 1. The standard InChI is InChI=1S/C22H16O3/c23-20-10-3-4-11-21(20)25-22(24)13-12-15-7-5-9-18-17-8-2-1-6-16(17)14-19(15)18/h1-13,23H,14H2. The van der Waals surface area contributed by atoms with Crippen LogP contribution in [0.15, 0.2) is 72.8 Å². The number of para-hydroxylation sites is 2. The van der Waals surface area contributed by atoms with Gasteiger partial charge < -0.3 is 9.84 Å². The third-order valence-electron chi connectivity index (χ3n) is 4.36. The fourth-order valence-electron chi connectivity index (χ4n) is 3.18. The van der Waals surface area contributed by atoms with Gasteiger partial charge in [-0.2, -0.15) is 0 Å². The fraction of sp³-hybridized carbons (Fsp3) is 0.0455. The van der Waals surface area contributed by atoms with Crippen LogP contribution in [0.2, 0.25) is 0 Å². The van der Waals surface area contributed by atoms with Gasteiger partial charge in [0.05, 0.1) is 0 Å². The molecule has 0 fully saturated rings. The molecule has 25 heavy (non-hydrogen) atoms. The highest BCUT2D eigenvalue weighted by Crippen LogP contribution is 2.38. The highest BCUT2D eigenvalue weighted by molar-refractivity contribution is 5.90. The van der Waals surface area contributed by atoms with Crippen LogP contribution >= 0.6 is 0 Å². The first kappa shape index (κ1) is 15.2. The highest BCUT2D eigenvalue weighted by atomic mass is 16.5. The number of rotatable bonds is 3. The van der Waals surface area contributed by atoms with Crippen molar-refractivity contribution in [1.29, 1.82) is 0 Å². The molecule has 0 radical (unpaired) electrons. The molecule has 0 unspecified atom stereocenters. The lowest BCUT2D eigenvalue weighted by atomic mass is 10.0. The second-order valence-electron chi connectivity index (χ2n) is 5.93. The van der Waals surface area contributed by atoms with Gasteiger partial charge in [-0.25, -0.2) is 4.79 Å². The Morgan fingerprint density at radius 3 is 2.56 bits per heavy atom. The normalized spacial score (nSPS) is 12.0. The maximum absolute atomic E-state index is 12.0. The number of benzene rings is 3. The number of carbonyl (C=O) groups is 1. The van der Waals surface area contributed by atoms with Crippen molar-refractivity contribution in [2.24, 2.45) is 0 Å². The number of fused-ring (bicyclic) bond motifs is 3. The molecule has 0 atom stereocenters. The second-order valence-corrected chi connectivity index (χ2v) is 5.93. The van der Waals surface area contributed by atoms with Crippen molar-refractivity contribution in [1.82, 2.24) is 0 Å². The first-order chi connectivity index (χ1) is 12.2. The van der Waals surface area contributed by atoms with Gasteiger partial charge in [0.25, 0.3) is 0 Å². The quantitative estimate of drug-likeness (QED) is 0.340. The van der Waals surface area contributed by atoms with Gasteiger partial charge in [-0.15, -0.1) is 0 Å². The summed E-state index contributed by atoms with van der Waals surface area (Å²) in [6.45, 7) is 0. The molecule has 3 aromatic rings. The van der Waals surface area contributed by atoms with E-state index in [4.69, 9.17) is 4.74 Å². The van der Waals surface area contributed by atoms with Crippen molar-refractivity contribution in [3.63, 3.8) is 0 Å². The van der Waals surface area contributed by atoms with Gasteiger partial charge in [-0.3, -0.25) is 0 Å². The van der Waals surface area contributed by atoms with Crippen molar-refractivity contribution < 1.29 is 14.6 Å². The monoisotopic (exact) mass is 328 g/mol. The molecule has 1 N–H and O–H groups in total. The summed E-state index contributed by atoms with van der Waals surface area (Å²) < 4.78 is 5.17. The molecular formula is C22H16O3. The van der Waals surface area contributed by atoms with Gasteiger partial charge in [-0.05, 0) is 52.4 Å². The Morgan fingerprint density at radius 2 is 1.68 bits per heavy atom. The Hall–Kier alpha value is -3.33. The number of esters is 1. The van der Waals surface area contributed by atoms with Crippen LogP contribution < -0.4 is 4.74 Å². The Morgan fingerprint density at radius 1 is 0.920 bits per heavy atom. The van der Waals surface area contributed by atoms with Gasteiger partial charge in [0.1, 0.15) is 0 Å². The van der Waals surface area contributed by atoms with E-state index in [-0.39, 0.29) is 11.5 Å². The Bertz CT molecular complexity index is 986. The third kappa shape index (κ3) is 2.92. The molecule has 0 amide bonds. The minimum absolute atomic E-state index is 0.0553. The molecule has 1 aliphatic rings. The summed E-state index contributed by atoms with van der Waals surface area (Å²) in [6, 6.07) is 20.9. The van der Waals surface area contributed by atoms with Crippen LogP contribution in [0, 0.1) is 0 Å². The van der Waals surface area contributed by atoms with Crippen LogP contribution in [-0.2, 0) is 11.2 Å². The first-order valence-electron chi connectivity index (χ1n) is 8.10. The number of phenols is 1. The molecule has 0 saturated carbocycles. The molecule has 0 aromatic heterocycles. The van der Waals surface area contributed by atoms with E-state index in [2.05, 4.69) is 18.2 Å². The molecule has 3 nitrogen and oxygen atoms in total. The molecule has 0 bridgehead atoms. The average molecular weight is 328 g/mol. The van der Waals surface area contributed by atoms with Crippen LogP contribution in [0.25, 0.3) is 17.2 Å². The summed E-state index contributed by atoms with van der Waals surface area (Å²) in [5.74, 6) is -0.419. The summed E-state index contributed by atoms with van der Waals surface area (Å²) in [5.41, 5.74) is 5.99. The molecule has 0 saturated heterocycles. The zero-order chi connectivity index (χ0) is 17.2. The van der Waals surface area contributed by atoms with Gasteiger partial charge in [0.2, 0.25) is 0 Å². The number of carbonyl (C=O) groups excluding carboxylic acids is 1. The molecule has 0 aliphatic heterocycles. The van der Waals surface area contributed by atoms with Crippen molar-refractivity contribution >= 4 is 12.0 Å². The smallest absolute Gasteiger partial charge is 0.336 e. The van der Waals surface area contributed by atoms with Crippen molar-refractivity contribution in [2.75, 3.05) is 0 Å². The number of aromatic hydroxyl groups is 1. The number of ether oxygens (including phenoxy) is 1. The predicted octanol–water partition coefficient (Wildman–Crippen LogP) is 4.58. The lowest BCUT2D eigenvalue weighted by molar-refractivity contribution is -0.129. The van der Waals surface area contributed by atoms with Crippen LogP contribution in [0.1, 0.15) is 16.7 Å². The van der Waals surface area contributed by atoms with Gasteiger partial charge >= 0.3 is 5.97 Å². The lowest BCUT2D eigenvalue weighted by Crippen LogP contribution is -2.03. The topological polar surface area (TPSA) is 46.5 Å². The summed E-state index contributed by atoms with van der Waals surface area (Å²) >= 11 is 0. The zero-order valence-electron chi connectivity index (χ0n) is 13.5. The van der Waals surface area contributed by atoms with Gasteiger partial charge in [-0.1, -0.05) is 54.6 Å². The van der Waals surface area contributed by atoms with E-state index in [1.165, 1.54) is 34.4 Å². The van der Waals surface area contributed by atoms with E-state index in [0.717, 1.165) is 12.0 Å². The van der Waals surface area contributed by atoms with Crippen LogP contribution in [0.5, 0.6) is 11.5 Å². The summed E-state index contributed by atoms with van der Waals surface area (Å²) in [5, 5.41) is 9.67. The molecule has 4 rings (SSSR count). The summed E-state index contributed by atoms with van der Waals surface area (Å²) in [6.07, 6.45) is 4.03. The molecule has 122 valence electrons. The average Bonchev–Trinajstić information content (AvgIpc) is 3.01. The Kier molecular flexibility index (Phi) is 3.82. The minimum Gasteiger partial charge on any atom is -0.504 e. The largest absolute Gasteiger partial charge is 0.504 e. The molecular weight excluding hydrogens is 312 g/mol. The third-order valence-corrected chi connectivity index (χ3v) is 4.36. The van der Waals surface area contributed by atoms with Crippen LogP contribution in [-0.4, -0.2) is 11.1 Å². The summed E-state index contributed by atoms with van der Waals surface area (Å²) in [4.78, 5) is 12.0. The van der Waals surface area contributed by atoms with Crippen molar-refractivity contribution in [2.45, 2.75) is 6.42 Å². The molecule has 3 heteroatoms. The SMILES string of the molecule is O=C(C=Cc1cccc2c1Cc1ccccc1-2)Oc1ccccc1O. The zero-order valence-corrected chi connectivity index (χ0v) is 13.5. The number of phenolic OH excluding ortho intramolecular Hbond substituents is 1. The molecule has 0 heterocycles. The van der Waals surface area contributed by atoms with Crippen molar-refractivity contribution in [3.8, 4) is 22.6 Å². The first-order valence-corrected chi connectivity index (χ1v) is 8.10. The van der Waals surface area contributed by atoms with E-state index >= 15 is 0 Å². The van der Waals surface area contributed by atoms with Crippen LogP contribution in [0.4, 0.5) is 0 Å². The Labute approximate surface area is 145 Å². The maximum Gasteiger partial charge on any atom is 0.336 e. The minimum atomic E-state index is -0.519. The van der Waals surface area contributed by atoms with E-state index in [1.807, 2.05) is 24.3 Å². The maximum atomic E-state index is 12.0. The summed E-state index contributed by atoms with van der Waals surface area (Å²) in [7, 11) is 0. The molecule has 0 spiro atoms. The van der Waals surface area contributed by atoms with Gasteiger partial charge in [0.15, 0.2) is 11.5 Å². The molecule has 1 aliphatic carbocycles. The van der Waals surface area contributed by atoms with Crippen molar-refractivity contribution in [3.05, 3.63) is 89.5 Å². The van der Waals surface area contributed by atoms with E-state index in [0.29, 0.717) is 0 Å².